The summed E-state index contributed by atoms with van der Waals surface area (Å²) in [5, 5.41) is 8.65. The van der Waals surface area contributed by atoms with Crippen LogP contribution in [0.1, 0.15) is 21.5 Å². The molecule has 0 aliphatic carbocycles. The predicted octanol–water partition coefficient (Wildman–Crippen LogP) is 3.23. The Hall–Kier alpha value is -2.74. The van der Waals surface area contributed by atoms with Gasteiger partial charge in [0.1, 0.15) is 12.9 Å². The average molecular weight is 273 g/mol. The molecule has 0 N–H and O–H groups in total. The van der Waals surface area contributed by atoms with Crippen molar-refractivity contribution in [2.75, 3.05) is 0 Å². The molecule has 0 unspecified atom stereocenters. The van der Waals surface area contributed by atoms with Crippen LogP contribution >= 0.6 is 0 Å². The molecule has 2 aromatic rings. The predicted molar refractivity (Wildman–Crippen MR) is 67.2 cm³/mol. The van der Waals surface area contributed by atoms with E-state index >= 15 is 0 Å². The van der Waals surface area contributed by atoms with Crippen LogP contribution < -0.4 is 4.74 Å². The van der Waals surface area contributed by atoms with E-state index < -0.39 is 17.4 Å². The smallest absolute Gasteiger partial charge is 0.191 e. The molecule has 5 heteroatoms. The van der Waals surface area contributed by atoms with Crippen LogP contribution in [-0.2, 0) is 6.61 Å². The quantitative estimate of drug-likeness (QED) is 0.803. The lowest BCUT2D eigenvalue weighted by Gasteiger charge is -2.09. The van der Waals surface area contributed by atoms with Crippen LogP contribution in [0.5, 0.6) is 5.75 Å². The van der Waals surface area contributed by atoms with Gasteiger partial charge in [-0.2, -0.15) is 5.26 Å². The standard InChI is InChI=1S/C15H9F2NO2/c16-13-5-12(8-19)6-14(17)15(13)20-9-11-3-1-10(7-18)2-4-11/h1-6,8H,9H2. The van der Waals surface area contributed by atoms with Crippen LogP contribution in [0.2, 0.25) is 0 Å². The molecular weight excluding hydrogens is 264 g/mol. The van der Waals surface area contributed by atoms with Gasteiger partial charge in [-0.1, -0.05) is 12.1 Å². The molecule has 0 fully saturated rings. The first-order chi connectivity index (χ1) is 9.63. The van der Waals surface area contributed by atoms with Gasteiger partial charge in [-0.05, 0) is 29.8 Å². The maximum atomic E-state index is 13.6. The van der Waals surface area contributed by atoms with E-state index in [1.54, 1.807) is 24.3 Å². The molecule has 0 saturated carbocycles. The summed E-state index contributed by atoms with van der Waals surface area (Å²) in [5.74, 6) is -2.39. The van der Waals surface area contributed by atoms with E-state index in [9.17, 15) is 13.6 Å². The first-order valence-corrected chi connectivity index (χ1v) is 5.70. The highest BCUT2D eigenvalue weighted by molar-refractivity contribution is 5.75. The zero-order valence-corrected chi connectivity index (χ0v) is 10.3. The van der Waals surface area contributed by atoms with Gasteiger partial charge < -0.3 is 4.74 Å². The minimum absolute atomic E-state index is 0.0417. The van der Waals surface area contributed by atoms with Gasteiger partial charge in [0.05, 0.1) is 11.6 Å². The third-order valence-corrected chi connectivity index (χ3v) is 2.62. The van der Waals surface area contributed by atoms with Crippen molar-refractivity contribution in [2.45, 2.75) is 6.61 Å². The lowest BCUT2D eigenvalue weighted by molar-refractivity contribution is 0.112. The topological polar surface area (TPSA) is 50.1 Å². The lowest BCUT2D eigenvalue weighted by atomic mass is 10.1. The van der Waals surface area contributed by atoms with E-state index in [0.29, 0.717) is 17.4 Å². The molecule has 0 atom stereocenters. The summed E-state index contributed by atoms with van der Waals surface area (Å²) < 4.78 is 32.2. The summed E-state index contributed by atoms with van der Waals surface area (Å²) in [5.41, 5.74) is 1.06. The molecule has 2 aromatic carbocycles. The van der Waals surface area contributed by atoms with E-state index in [1.165, 1.54) is 0 Å². The van der Waals surface area contributed by atoms with E-state index in [-0.39, 0.29) is 12.2 Å². The second kappa shape index (κ2) is 5.93. The van der Waals surface area contributed by atoms with Crippen molar-refractivity contribution < 1.29 is 18.3 Å². The number of hydrogen-bond acceptors (Lipinski definition) is 3. The summed E-state index contributed by atoms with van der Waals surface area (Å²) in [4.78, 5) is 10.5. The molecule has 20 heavy (non-hydrogen) atoms. The van der Waals surface area contributed by atoms with Crippen molar-refractivity contribution in [3.05, 3.63) is 64.7 Å². The molecule has 0 heterocycles. The van der Waals surface area contributed by atoms with Gasteiger partial charge >= 0.3 is 0 Å². The number of nitriles is 1. The minimum Gasteiger partial charge on any atom is -0.483 e. The summed E-state index contributed by atoms with van der Waals surface area (Å²) in [6.07, 6.45) is 0.358. The number of halogens is 2. The Morgan fingerprint density at radius 3 is 2.25 bits per heavy atom. The van der Waals surface area contributed by atoms with Crippen LogP contribution in [0.3, 0.4) is 0 Å². The number of carbonyl (C=O) groups excluding carboxylic acids is 1. The number of aldehydes is 1. The Morgan fingerprint density at radius 2 is 1.75 bits per heavy atom. The molecular formula is C15H9F2NO2. The van der Waals surface area contributed by atoms with Crippen LogP contribution in [0, 0.1) is 23.0 Å². The molecule has 0 bridgehead atoms. The molecule has 100 valence electrons. The Morgan fingerprint density at radius 1 is 1.15 bits per heavy atom. The largest absolute Gasteiger partial charge is 0.483 e. The van der Waals surface area contributed by atoms with Gasteiger partial charge in [0, 0.05) is 5.56 Å². The lowest BCUT2D eigenvalue weighted by Crippen LogP contribution is -2.01. The molecule has 0 aliphatic heterocycles. The summed E-state index contributed by atoms with van der Waals surface area (Å²) in [6, 6.07) is 10.2. The SMILES string of the molecule is N#Cc1ccc(COc2c(F)cc(C=O)cc2F)cc1. The molecule has 0 spiro atoms. The van der Waals surface area contributed by atoms with Crippen LogP contribution in [-0.4, -0.2) is 6.29 Å². The fourth-order valence-corrected chi connectivity index (χ4v) is 1.62. The van der Waals surface area contributed by atoms with Crippen molar-refractivity contribution in [3.8, 4) is 11.8 Å². The van der Waals surface area contributed by atoms with Crippen molar-refractivity contribution in [2.24, 2.45) is 0 Å². The van der Waals surface area contributed by atoms with Crippen molar-refractivity contribution in [1.82, 2.24) is 0 Å². The number of benzene rings is 2. The molecule has 3 nitrogen and oxygen atoms in total. The van der Waals surface area contributed by atoms with Gasteiger partial charge in [0.2, 0.25) is 0 Å². The van der Waals surface area contributed by atoms with Gasteiger partial charge in [-0.3, -0.25) is 4.79 Å². The molecule has 0 aromatic heterocycles. The summed E-state index contributed by atoms with van der Waals surface area (Å²) in [6.45, 7) is -0.0417. The maximum Gasteiger partial charge on any atom is 0.191 e. The molecule has 0 saturated heterocycles. The zero-order chi connectivity index (χ0) is 14.5. The van der Waals surface area contributed by atoms with Crippen LogP contribution in [0.4, 0.5) is 8.78 Å². The number of carbonyl (C=O) groups is 1. The molecule has 0 aliphatic rings. The minimum atomic E-state index is -0.930. The highest BCUT2D eigenvalue weighted by Crippen LogP contribution is 2.23. The fraction of sp³-hybridized carbons (Fsp3) is 0.0667. The van der Waals surface area contributed by atoms with Crippen molar-refractivity contribution in [3.63, 3.8) is 0 Å². The fourth-order valence-electron chi connectivity index (χ4n) is 1.62. The van der Waals surface area contributed by atoms with Crippen LogP contribution in [0.25, 0.3) is 0 Å². The maximum absolute atomic E-state index is 13.6. The highest BCUT2D eigenvalue weighted by Gasteiger charge is 2.12. The van der Waals surface area contributed by atoms with Gasteiger partial charge in [0.25, 0.3) is 0 Å². The Balaban J connectivity index is 2.14. The second-order valence-electron chi connectivity index (χ2n) is 4.03. The normalized spacial score (nSPS) is 9.85. The number of nitrogens with zero attached hydrogens (tertiary/aromatic N) is 1. The second-order valence-corrected chi connectivity index (χ2v) is 4.03. The molecule has 0 amide bonds. The summed E-state index contributed by atoms with van der Waals surface area (Å²) in [7, 11) is 0. The Labute approximate surface area is 114 Å². The first kappa shape index (κ1) is 13.7. The van der Waals surface area contributed by atoms with E-state index in [2.05, 4.69) is 0 Å². The van der Waals surface area contributed by atoms with E-state index in [4.69, 9.17) is 10.00 Å². The summed E-state index contributed by atoms with van der Waals surface area (Å²) >= 11 is 0. The first-order valence-electron chi connectivity index (χ1n) is 5.70. The third-order valence-electron chi connectivity index (χ3n) is 2.62. The van der Waals surface area contributed by atoms with E-state index in [1.807, 2.05) is 6.07 Å². The van der Waals surface area contributed by atoms with Gasteiger partial charge in [0.15, 0.2) is 17.4 Å². The monoisotopic (exact) mass is 273 g/mol. The number of hydrogen-bond donors (Lipinski definition) is 0. The molecule has 0 radical (unpaired) electrons. The van der Waals surface area contributed by atoms with Crippen molar-refractivity contribution in [1.29, 1.82) is 5.26 Å². The van der Waals surface area contributed by atoms with Gasteiger partial charge in [-0.15, -0.1) is 0 Å². The molecule has 2 rings (SSSR count). The number of rotatable bonds is 4. The van der Waals surface area contributed by atoms with Gasteiger partial charge in [-0.25, -0.2) is 8.78 Å². The van der Waals surface area contributed by atoms with Crippen LogP contribution in [0.15, 0.2) is 36.4 Å². The van der Waals surface area contributed by atoms with E-state index in [0.717, 1.165) is 12.1 Å². The van der Waals surface area contributed by atoms with Crippen molar-refractivity contribution >= 4 is 6.29 Å². The highest BCUT2D eigenvalue weighted by atomic mass is 19.1. The third kappa shape index (κ3) is 2.98. The number of ether oxygens (including phenoxy) is 1. The Bertz CT molecular complexity index is 652. The average Bonchev–Trinajstić information content (AvgIpc) is 2.46. The zero-order valence-electron chi connectivity index (χ0n) is 10.3. The Kier molecular flexibility index (Phi) is 4.06.